The zero-order valence-corrected chi connectivity index (χ0v) is 8.92. The summed E-state index contributed by atoms with van der Waals surface area (Å²) in [5, 5.41) is 18.7. The van der Waals surface area contributed by atoms with Crippen molar-refractivity contribution in [2.45, 2.75) is 0 Å². The molecule has 0 saturated carbocycles. The Morgan fingerprint density at radius 2 is 1.71 bits per heavy atom. The maximum atomic E-state index is 12.1. The van der Waals surface area contributed by atoms with Crippen LogP contribution in [0.2, 0.25) is 0 Å². The molecule has 0 aliphatic rings. The summed E-state index contributed by atoms with van der Waals surface area (Å²) in [5.41, 5.74) is 6.48. The lowest BCUT2D eigenvalue weighted by atomic mass is 10.0. The van der Waals surface area contributed by atoms with E-state index in [9.17, 15) is 9.90 Å². The molecule has 0 aliphatic heterocycles. The highest BCUT2D eigenvalue weighted by atomic mass is 16.3. The Morgan fingerprint density at radius 3 is 2.35 bits per heavy atom. The first-order chi connectivity index (χ1) is 8.09. The summed E-state index contributed by atoms with van der Waals surface area (Å²) in [4.78, 5) is 12.1. The standard InChI is InChI=1S/C13H11NO3/c14-11-4-2-1-3-9(11)13(17)10-6-5-8(15)7-12(10)16/h1-7,15-16H,14H2. The van der Waals surface area contributed by atoms with Crippen LogP contribution >= 0.6 is 0 Å². The van der Waals surface area contributed by atoms with Gasteiger partial charge in [-0.1, -0.05) is 12.1 Å². The Kier molecular flexibility index (Phi) is 2.70. The molecule has 2 rings (SSSR count). The number of nitrogen functional groups attached to an aromatic ring is 1. The average molecular weight is 229 g/mol. The maximum absolute atomic E-state index is 12.1. The third-order valence-electron chi connectivity index (χ3n) is 2.43. The van der Waals surface area contributed by atoms with Gasteiger partial charge in [-0.25, -0.2) is 0 Å². The van der Waals surface area contributed by atoms with Crippen LogP contribution in [0.5, 0.6) is 11.5 Å². The van der Waals surface area contributed by atoms with Crippen LogP contribution in [0.15, 0.2) is 42.5 Å². The molecular formula is C13H11NO3. The number of ketones is 1. The lowest BCUT2D eigenvalue weighted by Gasteiger charge is -2.06. The number of carbonyl (C=O) groups excluding carboxylic acids is 1. The largest absolute Gasteiger partial charge is 0.508 e. The van der Waals surface area contributed by atoms with Crippen molar-refractivity contribution >= 4 is 11.5 Å². The Hall–Kier alpha value is -2.49. The highest BCUT2D eigenvalue weighted by Crippen LogP contribution is 2.26. The zero-order chi connectivity index (χ0) is 12.4. The van der Waals surface area contributed by atoms with Crippen molar-refractivity contribution in [2.24, 2.45) is 0 Å². The van der Waals surface area contributed by atoms with Crippen molar-refractivity contribution in [3.8, 4) is 11.5 Å². The van der Waals surface area contributed by atoms with Gasteiger partial charge in [0.15, 0.2) is 5.78 Å². The number of phenols is 2. The van der Waals surface area contributed by atoms with Gasteiger partial charge in [0.05, 0.1) is 5.56 Å². The molecule has 0 amide bonds. The lowest BCUT2D eigenvalue weighted by molar-refractivity contribution is 0.103. The molecule has 86 valence electrons. The number of phenolic OH excluding ortho intramolecular Hbond substituents is 2. The van der Waals surface area contributed by atoms with Gasteiger partial charge in [-0.15, -0.1) is 0 Å². The normalized spacial score (nSPS) is 10.1. The number of benzene rings is 2. The number of hydrogen-bond acceptors (Lipinski definition) is 4. The van der Waals surface area contributed by atoms with Gasteiger partial charge in [-0.3, -0.25) is 4.79 Å². The second-order valence-corrected chi connectivity index (χ2v) is 3.62. The van der Waals surface area contributed by atoms with Gasteiger partial charge in [0, 0.05) is 17.3 Å². The smallest absolute Gasteiger partial charge is 0.198 e. The molecule has 0 aliphatic carbocycles. The van der Waals surface area contributed by atoms with Gasteiger partial charge in [0.25, 0.3) is 0 Å². The predicted octanol–water partition coefficient (Wildman–Crippen LogP) is 1.91. The van der Waals surface area contributed by atoms with E-state index < -0.39 is 0 Å². The van der Waals surface area contributed by atoms with Crippen molar-refractivity contribution in [3.63, 3.8) is 0 Å². The van der Waals surface area contributed by atoms with Crippen LogP contribution in [0.3, 0.4) is 0 Å². The topological polar surface area (TPSA) is 83.6 Å². The fourth-order valence-corrected chi connectivity index (χ4v) is 1.56. The second kappa shape index (κ2) is 4.17. The number of rotatable bonds is 2. The van der Waals surface area contributed by atoms with E-state index in [0.29, 0.717) is 11.3 Å². The molecule has 4 N–H and O–H groups in total. The summed E-state index contributed by atoms with van der Waals surface area (Å²) in [6.45, 7) is 0. The van der Waals surface area contributed by atoms with Crippen LogP contribution in [0, 0.1) is 0 Å². The molecule has 0 unspecified atom stereocenters. The molecule has 0 radical (unpaired) electrons. The fourth-order valence-electron chi connectivity index (χ4n) is 1.56. The summed E-state index contributed by atoms with van der Waals surface area (Å²) in [5.74, 6) is -0.737. The highest BCUT2D eigenvalue weighted by Gasteiger charge is 2.15. The summed E-state index contributed by atoms with van der Waals surface area (Å²) >= 11 is 0. The molecule has 0 bridgehead atoms. The number of nitrogens with two attached hydrogens (primary N) is 1. The van der Waals surface area contributed by atoms with Gasteiger partial charge in [0.2, 0.25) is 0 Å². The molecule has 0 saturated heterocycles. The SMILES string of the molecule is Nc1ccccc1C(=O)c1ccc(O)cc1O. The first-order valence-electron chi connectivity index (χ1n) is 5.01. The molecule has 17 heavy (non-hydrogen) atoms. The van der Waals surface area contributed by atoms with E-state index in [1.807, 2.05) is 0 Å². The molecule has 2 aromatic carbocycles. The van der Waals surface area contributed by atoms with Gasteiger partial charge in [-0.2, -0.15) is 0 Å². The molecule has 2 aromatic rings. The van der Waals surface area contributed by atoms with Crippen LogP contribution in [0.4, 0.5) is 5.69 Å². The van der Waals surface area contributed by atoms with Gasteiger partial charge < -0.3 is 15.9 Å². The summed E-state index contributed by atoms with van der Waals surface area (Å²) in [6.07, 6.45) is 0. The quantitative estimate of drug-likeness (QED) is 0.542. The first kappa shape index (κ1) is 11.0. The van der Waals surface area contributed by atoms with E-state index in [-0.39, 0.29) is 22.8 Å². The van der Waals surface area contributed by atoms with Crippen LogP contribution < -0.4 is 5.73 Å². The minimum atomic E-state index is -0.374. The molecule has 0 atom stereocenters. The summed E-state index contributed by atoms with van der Waals surface area (Å²) in [7, 11) is 0. The van der Waals surface area contributed by atoms with Crippen molar-refractivity contribution < 1.29 is 15.0 Å². The van der Waals surface area contributed by atoms with Gasteiger partial charge in [-0.05, 0) is 24.3 Å². The summed E-state index contributed by atoms with van der Waals surface area (Å²) < 4.78 is 0. The monoisotopic (exact) mass is 229 g/mol. The third kappa shape index (κ3) is 2.06. The minimum absolute atomic E-state index is 0.0971. The molecule has 0 fully saturated rings. The number of aromatic hydroxyl groups is 2. The molecule has 0 spiro atoms. The lowest BCUT2D eigenvalue weighted by Crippen LogP contribution is -2.05. The third-order valence-corrected chi connectivity index (χ3v) is 2.43. The predicted molar refractivity (Wildman–Crippen MR) is 64.1 cm³/mol. The molecule has 4 nitrogen and oxygen atoms in total. The Bertz CT molecular complexity index is 579. The molecule has 4 heteroatoms. The van der Waals surface area contributed by atoms with Crippen molar-refractivity contribution in [3.05, 3.63) is 53.6 Å². The van der Waals surface area contributed by atoms with E-state index >= 15 is 0 Å². The number of anilines is 1. The summed E-state index contributed by atoms with van der Waals surface area (Å²) in [6, 6.07) is 10.4. The van der Waals surface area contributed by atoms with E-state index in [1.165, 1.54) is 12.1 Å². The van der Waals surface area contributed by atoms with E-state index in [2.05, 4.69) is 0 Å². The van der Waals surface area contributed by atoms with Gasteiger partial charge in [0.1, 0.15) is 11.5 Å². The Morgan fingerprint density at radius 1 is 1.00 bits per heavy atom. The van der Waals surface area contributed by atoms with E-state index in [1.54, 1.807) is 24.3 Å². The van der Waals surface area contributed by atoms with Crippen LogP contribution in [-0.2, 0) is 0 Å². The Balaban J connectivity index is 2.48. The molecular weight excluding hydrogens is 218 g/mol. The fraction of sp³-hybridized carbons (Fsp3) is 0. The first-order valence-corrected chi connectivity index (χ1v) is 5.01. The van der Waals surface area contributed by atoms with Crippen molar-refractivity contribution in [1.82, 2.24) is 0 Å². The maximum Gasteiger partial charge on any atom is 0.198 e. The Labute approximate surface area is 97.9 Å². The molecule has 0 aromatic heterocycles. The van der Waals surface area contributed by atoms with Gasteiger partial charge >= 0.3 is 0 Å². The average Bonchev–Trinajstić information content (AvgIpc) is 2.29. The van der Waals surface area contributed by atoms with Crippen molar-refractivity contribution in [1.29, 1.82) is 0 Å². The van der Waals surface area contributed by atoms with Crippen molar-refractivity contribution in [2.75, 3.05) is 5.73 Å². The highest BCUT2D eigenvalue weighted by molar-refractivity contribution is 6.13. The number of hydrogen-bond donors (Lipinski definition) is 3. The van der Waals surface area contributed by atoms with Crippen LogP contribution in [0.25, 0.3) is 0 Å². The zero-order valence-electron chi connectivity index (χ0n) is 8.92. The van der Waals surface area contributed by atoms with E-state index in [4.69, 9.17) is 10.8 Å². The van der Waals surface area contributed by atoms with Crippen LogP contribution in [-0.4, -0.2) is 16.0 Å². The van der Waals surface area contributed by atoms with Crippen LogP contribution in [0.1, 0.15) is 15.9 Å². The molecule has 0 heterocycles. The second-order valence-electron chi connectivity index (χ2n) is 3.62. The minimum Gasteiger partial charge on any atom is -0.508 e. The number of carbonyl (C=O) groups is 1. The number of para-hydroxylation sites is 1. The van der Waals surface area contributed by atoms with E-state index in [0.717, 1.165) is 6.07 Å².